The van der Waals surface area contributed by atoms with Crippen molar-refractivity contribution in [3.8, 4) is 22.3 Å². The summed E-state index contributed by atoms with van der Waals surface area (Å²) in [7, 11) is 0. The Morgan fingerprint density at radius 1 is 0.720 bits per heavy atom. The molecule has 0 N–H and O–H groups in total. The number of rotatable bonds is 4. The maximum atomic E-state index is 4.26. The molecule has 0 aliphatic carbocycles. The zero-order chi connectivity index (χ0) is 16.9. The van der Waals surface area contributed by atoms with Crippen molar-refractivity contribution in [1.29, 1.82) is 0 Å². The van der Waals surface area contributed by atoms with Gasteiger partial charge in [0.05, 0.1) is 0 Å². The first-order valence-corrected chi connectivity index (χ1v) is 8.45. The highest BCUT2D eigenvalue weighted by Crippen LogP contribution is 2.35. The lowest BCUT2D eigenvalue weighted by Crippen LogP contribution is -1.96. The molecule has 1 heteroatoms. The lowest BCUT2D eigenvalue weighted by Gasteiger charge is -2.15. The molecular formula is C24H18N. The van der Waals surface area contributed by atoms with E-state index in [4.69, 9.17) is 0 Å². The van der Waals surface area contributed by atoms with Crippen molar-refractivity contribution >= 4 is 0 Å². The Hall–Kier alpha value is -3.19. The molecule has 0 bridgehead atoms. The van der Waals surface area contributed by atoms with Gasteiger partial charge in [0.25, 0.3) is 0 Å². The van der Waals surface area contributed by atoms with Crippen molar-refractivity contribution in [2.24, 2.45) is 0 Å². The standard InChI is InChI=1S/C24H18N/c1-3-10-20(11-4-1)23-15-7-14-22(17-19-9-8-16-25-18-19)24(23)21-12-5-2-6-13-21/h1-14,16,18H,17H2. The van der Waals surface area contributed by atoms with Crippen molar-refractivity contribution < 1.29 is 0 Å². The third kappa shape index (κ3) is 3.36. The number of benzene rings is 3. The van der Waals surface area contributed by atoms with Crippen molar-refractivity contribution in [2.75, 3.05) is 0 Å². The lowest BCUT2D eigenvalue weighted by molar-refractivity contribution is 1.15. The van der Waals surface area contributed by atoms with E-state index >= 15 is 0 Å². The number of hydrogen-bond donors (Lipinski definition) is 0. The SMILES string of the molecule is [c]1ccc(Cc2cccnc2)c(-c2ccccc2)c1-c1ccccc1. The first-order valence-electron chi connectivity index (χ1n) is 8.45. The molecule has 1 nitrogen and oxygen atoms in total. The van der Waals surface area contributed by atoms with Gasteiger partial charge in [0, 0.05) is 12.4 Å². The van der Waals surface area contributed by atoms with E-state index in [2.05, 4.69) is 77.8 Å². The van der Waals surface area contributed by atoms with Crippen LogP contribution in [0.4, 0.5) is 0 Å². The van der Waals surface area contributed by atoms with Crippen LogP contribution in [0.5, 0.6) is 0 Å². The van der Waals surface area contributed by atoms with E-state index in [1.54, 1.807) is 0 Å². The highest BCUT2D eigenvalue weighted by molar-refractivity contribution is 5.85. The van der Waals surface area contributed by atoms with E-state index in [-0.39, 0.29) is 0 Å². The van der Waals surface area contributed by atoms with Crippen LogP contribution < -0.4 is 0 Å². The molecule has 3 aromatic carbocycles. The summed E-state index contributed by atoms with van der Waals surface area (Å²) in [5, 5.41) is 0. The Kier molecular flexibility index (Phi) is 4.38. The minimum Gasteiger partial charge on any atom is -0.264 e. The predicted molar refractivity (Wildman–Crippen MR) is 103 cm³/mol. The average Bonchev–Trinajstić information content (AvgIpc) is 2.70. The fourth-order valence-corrected chi connectivity index (χ4v) is 3.18. The van der Waals surface area contributed by atoms with E-state index < -0.39 is 0 Å². The van der Waals surface area contributed by atoms with Crippen molar-refractivity contribution in [2.45, 2.75) is 6.42 Å². The molecule has 0 saturated carbocycles. The predicted octanol–water partition coefficient (Wildman–Crippen LogP) is 5.81. The Balaban J connectivity index is 1.89. The molecule has 119 valence electrons. The third-order valence-corrected chi connectivity index (χ3v) is 4.33. The first kappa shape index (κ1) is 15.3. The largest absolute Gasteiger partial charge is 0.264 e. The molecule has 0 atom stereocenters. The van der Waals surface area contributed by atoms with Gasteiger partial charge in [0.2, 0.25) is 0 Å². The zero-order valence-electron chi connectivity index (χ0n) is 13.9. The molecule has 0 fully saturated rings. The fourth-order valence-electron chi connectivity index (χ4n) is 3.18. The van der Waals surface area contributed by atoms with E-state index in [1.165, 1.54) is 27.8 Å². The molecule has 0 aliphatic heterocycles. The molecule has 25 heavy (non-hydrogen) atoms. The Morgan fingerprint density at radius 2 is 1.44 bits per heavy atom. The van der Waals surface area contributed by atoms with Crippen LogP contribution in [-0.4, -0.2) is 4.98 Å². The van der Waals surface area contributed by atoms with Gasteiger partial charge in [-0.1, -0.05) is 78.9 Å². The monoisotopic (exact) mass is 320 g/mol. The van der Waals surface area contributed by atoms with Gasteiger partial charge >= 0.3 is 0 Å². The minimum atomic E-state index is 0.854. The van der Waals surface area contributed by atoms with Gasteiger partial charge in [-0.05, 0) is 51.9 Å². The molecule has 0 aliphatic rings. The molecule has 0 unspecified atom stereocenters. The van der Waals surface area contributed by atoms with Crippen LogP contribution in [-0.2, 0) is 6.42 Å². The summed E-state index contributed by atoms with van der Waals surface area (Å²) < 4.78 is 0. The second-order valence-electron chi connectivity index (χ2n) is 6.02. The van der Waals surface area contributed by atoms with Crippen LogP contribution in [0.3, 0.4) is 0 Å². The van der Waals surface area contributed by atoms with Gasteiger partial charge in [-0.25, -0.2) is 0 Å². The summed E-state index contributed by atoms with van der Waals surface area (Å²) >= 11 is 0. The van der Waals surface area contributed by atoms with Crippen molar-refractivity contribution in [3.63, 3.8) is 0 Å². The van der Waals surface area contributed by atoms with Crippen molar-refractivity contribution in [1.82, 2.24) is 4.98 Å². The molecule has 4 aromatic rings. The topological polar surface area (TPSA) is 12.9 Å². The maximum absolute atomic E-state index is 4.26. The number of pyridine rings is 1. The Bertz CT molecular complexity index is 945. The minimum absolute atomic E-state index is 0.854. The smallest absolute Gasteiger partial charge is 0.0303 e. The van der Waals surface area contributed by atoms with Crippen LogP contribution in [0.15, 0.2) is 97.3 Å². The highest BCUT2D eigenvalue weighted by Gasteiger charge is 2.13. The summed E-state index contributed by atoms with van der Waals surface area (Å²) in [6.07, 6.45) is 4.61. The van der Waals surface area contributed by atoms with Crippen LogP contribution in [0.2, 0.25) is 0 Å². The summed E-state index contributed by atoms with van der Waals surface area (Å²) in [5.74, 6) is 0. The Labute approximate surface area is 148 Å². The summed E-state index contributed by atoms with van der Waals surface area (Å²) in [6, 6.07) is 32.8. The lowest BCUT2D eigenvalue weighted by atomic mass is 9.88. The van der Waals surface area contributed by atoms with Gasteiger partial charge in [0.15, 0.2) is 0 Å². The molecule has 0 spiro atoms. The number of hydrogen-bond acceptors (Lipinski definition) is 1. The second-order valence-corrected chi connectivity index (χ2v) is 6.02. The van der Waals surface area contributed by atoms with E-state index in [1.807, 2.05) is 30.6 Å². The molecule has 1 radical (unpaired) electrons. The quantitative estimate of drug-likeness (QED) is 0.462. The van der Waals surface area contributed by atoms with Crippen LogP contribution >= 0.6 is 0 Å². The van der Waals surface area contributed by atoms with Crippen LogP contribution in [0.25, 0.3) is 22.3 Å². The molecular weight excluding hydrogens is 302 g/mol. The summed E-state index contributed by atoms with van der Waals surface area (Å²) in [4.78, 5) is 4.26. The van der Waals surface area contributed by atoms with Crippen LogP contribution in [0.1, 0.15) is 11.1 Å². The van der Waals surface area contributed by atoms with Gasteiger partial charge in [-0.2, -0.15) is 0 Å². The normalized spacial score (nSPS) is 10.6. The second kappa shape index (κ2) is 7.14. The summed E-state index contributed by atoms with van der Waals surface area (Å²) in [5.41, 5.74) is 7.31. The van der Waals surface area contributed by atoms with Crippen molar-refractivity contribution in [3.05, 3.63) is 115 Å². The number of aromatic nitrogens is 1. The molecule has 0 saturated heterocycles. The highest BCUT2D eigenvalue weighted by atomic mass is 14.6. The average molecular weight is 320 g/mol. The zero-order valence-corrected chi connectivity index (χ0v) is 13.9. The van der Waals surface area contributed by atoms with Gasteiger partial charge in [-0.15, -0.1) is 0 Å². The van der Waals surface area contributed by atoms with E-state index in [9.17, 15) is 0 Å². The van der Waals surface area contributed by atoms with Gasteiger partial charge in [-0.3, -0.25) is 4.98 Å². The van der Waals surface area contributed by atoms with E-state index in [0.29, 0.717) is 0 Å². The number of nitrogens with zero attached hydrogens (tertiary/aromatic N) is 1. The van der Waals surface area contributed by atoms with Crippen LogP contribution in [0, 0.1) is 6.07 Å². The molecule has 4 rings (SSSR count). The van der Waals surface area contributed by atoms with Gasteiger partial charge < -0.3 is 0 Å². The van der Waals surface area contributed by atoms with Gasteiger partial charge in [0.1, 0.15) is 0 Å². The first-order chi connectivity index (χ1) is 12.4. The maximum Gasteiger partial charge on any atom is 0.0303 e. The molecule has 1 heterocycles. The van der Waals surface area contributed by atoms with E-state index in [0.717, 1.165) is 12.0 Å². The summed E-state index contributed by atoms with van der Waals surface area (Å²) in [6.45, 7) is 0. The molecule has 1 aromatic heterocycles. The third-order valence-electron chi connectivity index (χ3n) is 4.33. The Morgan fingerprint density at radius 3 is 2.12 bits per heavy atom. The molecule has 0 amide bonds. The fraction of sp³-hybridized carbons (Fsp3) is 0.0417.